The number of hydrogen-bond donors (Lipinski definition) is 2. The van der Waals surface area contributed by atoms with Gasteiger partial charge in [-0.05, 0) is 42.2 Å². The van der Waals surface area contributed by atoms with E-state index in [-0.39, 0.29) is 6.04 Å². The summed E-state index contributed by atoms with van der Waals surface area (Å²) in [5, 5.41) is 0.778. The molecule has 2 nitrogen and oxygen atoms in total. The van der Waals surface area contributed by atoms with Gasteiger partial charge >= 0.3 is 0 Å². The highest BCUT2D eigenvalue weighted by Crippen LogP contribution is 2.28. The Morgan fingerprint density at radius 2 is 2.00 bits per heavy atom. The first-order valence-electron chi connectivity index (χ1n) is 6.07. The topological polar surface area (TPSA) is 38.0 Å². The zero-order chi connectivity index (χ0) is 13.8. The monoisotopic (exact) mass is 338 g/mol. The van der Waals surface area contributed by atoms with Crippen LogP contribution in [-0.4, -0.2) is 0 Å². The molecule has 0 amide bonds. The van der Waals surface area contributed by atoms with Gasteiger partial charge in [0.25, 0.3) is 0 Å². The van der Waals surface area contributed by atoms with Gasteiger partial charge in [-0.3, -0.25) is 11.3 Å². The number of hydrogen-bond acceptors (Lipinski definition) is 2. The van der Waals surface area contributed by atoms with Crippen LogP contribution in [0.5, 0.6) is 0 Å². The quantitative estimate of drug-likeness (QED) is 0.648. The van der Waals surface area contributed by atoms with E-state index in [0.29, 0.717) is 0 Å². The van der Waals surface area contributed by atoms with Gasteiger partial charge < -0.3 is 0 Å². The van der Waals surface area contributed by atoms with E-state index < -0.39 is 0 Å². The van der Waals surface area contributed by atoms with Crippen molar-refractivity contribution in [3.8, 4) is 0 Å². The highest BCUT2D eigenvalue weighted by Gasteiger charge is 2.15. The molecule has 3 N–H and O–H groups in total. The maximum absolute atomic E-state index is 6.36. The van der Waals surface area contributed by atoms with Gasteiger partial charge in [-0.2, -0.15) is 0 Å². The summed E-state index contributed by atoms with van der Waals surface area (Å²) in [5.74, 6) is 5.69. The van der Waals surface area contributed by atoms with E-state index in [0.717, 1.165) is 27.0 Å². The van der Waals surface area contributed by atoms with Crippen LogP contribution in [0.1, 0.15) is 22.7 Å². The lowest BCUT2D eigenvalue weighted by atomic mass is 9.98. The Morgan fingerprint density at radius 3 is 2.68 bits per heavy atom. The van der Waals surface area contributed by atoms with Crippen LogP contribution in [-0.2, 0) is 6.42 Å². The highest BCUT2D eigenvalue weighted by molar-refractivity contribution is 9.10. The van der Waals surface area contributed by atoms with Gasteiger partial charge in [0.2, 0.25) is 0 Å². The van der Waals surface area contributed by atoms with Crippen LogP contribution >= 0.6 is 27.5 Å². The summed E-state index contributed by atoms with van der Waals surface area (Å²) in [6.45, 7) is 2.00. The van der Waals surface area contributed by atoms with Gasteiger partial charge in [0, 0.05) is 9.50 Å². The first kappa shape index (κ1) is 14.5. The standard InChI is InChI=1S/C15H16BrClN2/c1-10-4-2-7-13(15(10)17)14(19-18)9-11-5-3-6-12(16)8-11/h2-8,14,19H,9,18H2,1H3. The summed E-state index contributed by atoms with van der Waals surface area (Å²) < 4.78 is 1.07. The molecule has 0 aliphatic carbocycles. The molecule has 0 spiro atoms. The lowest BCUT2D eigenvalue weighted by molar-refractivity contribution is 0.552. The van der Waals surface area contributed by atoms with Crippen molar-refractivity contribution in [3.63, 3.8) is 0 Å². The van der Waals surface area contributed by atoms with E-state index in [4.69, 9.17) is 17.4 Å². The first-order valence-corrected chi connectivity index (χ1v) is 7.24. The molecule has 2 rings (SSSR count). The molecule has 0 saturated carbocycles. The van der Waals surface area contributed by atoms with E-state index in [1.54, 1.807) is 0 Å². The van der Waals surface area contributed by atoms with E-state index in [1.807, 2.05) is 37.3 Å². The number of nitrogens with one attached hydrogen (secondary N) is 1. The summed E-state index contributed by atoms with van der Waals surface area (Å²) in [6.07, 6.45) is 0.791. The summed E-state index contributed by atoms with van der Waals surface area (Å²) >= 11 is 9.84. The Hall–Kier alpha value is -0.870. The second-order valence-electron chi connectivity index (χ2n) is 4.53. The maximum Gasteiger partial charge on any atom is 0.0515 e. The molecule has 0 fully saturated rings. The third-order valence-corrected chi connectivity index (χ3v) is 4.14. The van der Waals surface area contributed by atoms with Crippen LogP contribution in [0.15, 0.2) is 46.9 Å². The molecule has 0 aliphatic heterocycles. The summed E-state index contributed by atoms with van der Waals surface area (Å²) in [6, 6.07) is 14.2. The van der Waals surface area contributed by atoms with Crippen molar-refractivity contribution < 1.29 is 0 Å². The van der Waals surface area contributed by atoms with Crippen molar-refractivity contribution >= 4 is 27.5 Å². The molecular weight excluding hydrogens is 324 g/mol. The fourth-order valence-corrected chi connectivity index (χ4v) is 2.80. The molecule has 0 radical (unpaired) electrons. The van der Waals surface area contributed by atoms with Gasteiger partial charge in [0.05, 0.1) is 6.04 Å². The minimum atomic E-state index is 0.00157. The zero-order valence-electron chi connectivity index (χ0n) is 10.7. The molecule has 0 saturated heterocycles. The largest absolute Gasteiger partial charge is 0.271 e. The van der Waals surface area contributed by atoms with Crippen LogP contribution in [0.2, 0.25) is 5.02 Å². The third kappa shape index (κ3) is 3.57. The third-order valence-electron chi connectivity index (χ3n) is 3.13. The van der Waals surface area contributed by atoms with Crippen molar-refractivity contribution in [3.05, 3.63) is 68.7 Å². The number of aryl methyl sites for hydroxylation is 1. The van der Waals surface area contributed by atoms with Crippen LogP contribution in [0.25, 0.3) is 0 Å². The van der Waals surface area contributed by atoms with Gasteiger partial charge in [-0.1, -0.05) is 57.9 Å². The molecule has 1 unspecified atom stereocenters. The van der Waals surface area contributed by atoms with Crippen molar-refractivity contribution in [2.24, 2.45) is 5.84 Å². The first-order chi connectivity index (χ1) is 9.11. The highest BCUT2D eigenvalue weighted by atomic mass is 79.9. The van der Waals surface area contributed by atoms with Crippen molar-refractivity contribution in [2.45, 2.75) is 19.4 Å². The van der Waals surface area contributed by atoms with Crippen LogP contribution in [0.4, 0.5) is 0 Å². The minimum Gasteiger partial charge on any atom is -0.271 e. The Balaban J connectivity index is 2.28. The molecule has 0 heterocycles. The van der Waals surface area contributed by atoms with Gasteiger partial charge in [-0.15, -0.1) is 0 Å². The fourth-order valence-electron chi connectivity index (χ4n) is 2.10. The van der Waals surface area contributed by atoms with Gasteiger partial charge in [-0.25, -0.2) is 0 Å². The number of benzene rings is 2. The zero-order valence-corrected chi connectivity index (χ0v) is 13.0. The van der Waals surface area contributed by atoms with Gasteiger partial charge in [0.1, 0.15) is 0 Å². The molecule has 19 heavy (non-hydrogen) atoms. The smallest absolute Gasteiger partial charge is 0.0515 e. The Morgan fingerprint density at radius 1 is 1.26 bits per heavy atom. The van der Waals surface area contributed by atoms with Crippen molar-refractivity contribution in [1.82, 2.24) is 5.43 Å². The number of hydrazine groups is 1. The summed E-state index contributed by atoms with van der Waals surface area (Å²) in [5.41, 5.74) is 6.15. The average molecular weight is 340 g/mol. The molecule has 2 aromatic carbocycles. The second-order valence-corrected chi connectivity index (χ2v) is 5.83. The lowest BCUT2D eigenvalue weighted by Gasteiger charge is -2.19. The molecular formula is C15H16BrClN2. The molecule has 2 aromatic rings. The van der Waals surface area contributed by atoms with E-state index >= 15 is 0 Å². The number of nitrogens with two attached hydrogens (primary N) is 1. The van der Waals surface area contributed by atoms with E-state index in [1.165, 1.54) is 5.56 Å². The number of halogens is 2. The lowest BCUT2D eigenvalue weighted by Crippen LogP contribution is -2.29. The molecule has 0 aromatic heterocycles. The van der Waals surface area contributed by atoms with Crippen molar-refractivity contribution in [1.29, 1.82) is 0 Å². The number of rotatable bonds is 4. The van der Waals surface area contributed by atoms with E-state index in [9.17, 15) is 0 Å². The summed E-state index contributed by atoms with van der Waals surface area (Å²) in [4.78, 5) is 0. The normalized spacial score (nSPS) is 12.4. The fraction of sp³-hybridized carbons (Fsp3) is 0.200. The SMILES string of the molecule is Cc1cccc(C(Cc2cccc(Br)c2)NN)c1Cl. The van der Waals surface area contributed by atoms with E-state index in [2.05, 4.69) is 33.5 Å². The van der Waals surface area contributed by atoms with Crippen LogP contribution < -0.4 is 11.3 Å². The van der Waals surface area contributed by atoms with Crippen LogP contribution in [0.3, 0.4) is 0 Å². The molecule has 0 aliphatic rings. The second kappa shape index (κ2) is 6.53. The molecule has 4 heteroatoms. The van der Waals surface area contributed by atoms with Crippen LogP contribution in [0, 0.1) is 6.92 Å². The molecule has 0 bridgehead atoms. The average Bonchev–Trinajstić information content (AvgIpc) is 2.40. The Kier molecular flexibility index (Phi) is 4.99. The summed E-state index contributed by atoms with van der Waals surface area (Å²) in [7, 11) is 0. The van der Waals surface area contributed by atoms with Gasteiger partial charge in [0.15, 0.2) is 0 Å². The molecule has 1 atom stereocenters. The minimum absolute atomic E-state index is 0.00157. The molecule has 100 valence electrons. The predicted octanol–water partition coefficient (Wildman–Crippen LogP) is 4.16. The van der Waals surface area contributed by atoms with Crippen molar-refractivity contribution in [2.75, 3.05) is 0 Å². The predicted molar refractivity (Wildman–Crippen MR) is 84.1 cm³/mol. The Bertz CT molecular complexity index is 572. The Labute approximate surface area is 127 Å². The maximum atomic E-state index is 6.36.